The van der Waals surface area contributed by atoms with Crippen molar-refractivity contribution in [1.29, 1.82) is 0 Å². The van der Waals surface area contributed by atoms with E-state index in [-0.39, 0.29) is 31.8 Å². The molecule has 0 spiro atoms. The topological polar surface area (TPSA) is 43.4 Å². The number of alkyl halides is 1. The molecule has 0 saturated heterocycles. The first-order valence-corrected chi connectivity index (χ1v) is 2.67. The van der Waals surface area contributed by atoms with Gasteiger partial charge >= 0.3 is 35.0 Å². The normalized spacial score (nSPS) is 7.30. The summed E-state index contributed by atoms with van der Waals surface area (Å²) in [6, 6.07) is 0. The smallest absolute Gasteiger partial charge is 1.00 e. The molecule has 0 aromatic heterocycles. The van der Waals surface area contributed by atoms with Gasteiger partial charge in [0.05, 0.1) is 0 Å². The summed E-state index contributed by atoms with van der Waals surface area (Å²) in [5.74, 6) is -1.86. The van der Waals surface area contributed by atoms with Gasteiger partial charge in [0, 0.05) is 6.08 Å². The molecule has 0 unspecified atom stereocenters. The molecule has 0 aliphatic carbocycles. The Morgan fingerprint density at radius 2 is 2.20 bits per heavy atom. The van der Waals surface area contributed by atoms with Gasteiger partial charge in [-0.3, -0.25) is 4.79 Å². The number of carbonyl (C=O) groups is 2. The zero-order chi connectivity index (χ0) is 7.28. The number of rotatable bonds is 2. The van der Waals surface area contributed by atoms with Crippen molar-refractivity contribution >= 4 is 46.6 Å². The van der Waals surface area contributed by atoms with Crippen LogP contribution in [0.3, 0.4) is 0 Å². The molecule has 5 heteroatoms. The van der Waals surface area contributed by atoms with Crippen molar-refractivity contribution in [3.63, 3.8) is 0 Å². The maximum Gasteiger partial charge on any atom is 2.00 e. The number of esters is 2. The summed E-state index contributed by atoms with van der Waals surface area (Å²) in [5.41, 5.74) is 0. The molecule has 0 aromatic rings. The molecular formula is C5H7ClMgO3. The molecule has 3 nitrogen and oxygen atoms in total. The van der Waals surface area contributed by atoms with E-state index in [0.717, 1.165) is 6.08 Å². The van der Waals surface area contributed by atoms with Gasteiger partial charge in [-0.2, -0.15) is 0 Å². The first-order valence-electron chi connectivity index (χ1n) is 2.13. The second-order valence-electron chi connectivity index (χ2n) is 1.13. The Morgan fingerprint density at radius 3 is 2.50 bits per heavy atom. The average Bonchev–Trinajstić information content (AvgIpc) is 1.87. The predicted octanol–water partition coefficient (Wildman–Crippen LogP) is 0.325. The summed E-state index contributed by atoms with van der Waals surface area (Å²) in [7, 11) is 0. The van der Waals surface area contributed by atoms with Gasteiger partial charge in [0.1, 0.15) is 5.88 Å². The summed E-state index contributed by atoms with van der Waals surface area (Å²) < 4.78 is 4.02. The third kappa shape index (κ3) is 6.06. The van der Waals surface area contributed by atoms with Gasteiger partial charge in [-0.05, 0) is 0 Å². The molecule has 0 amide bonds. The summed E-state index contributed by atoms with van der Waals surface area (Å²) >= 11 is 4.99. The van der Waals surface area contributed by atoms with Crippen molar-refractivity contribution in [2.75, 3.05) is 5.88 Å². The molecule has 0 aliphatic heterocycles. The van der Waals surface area contributed by atoms with Crippen molar-refractivity contribution in [3.8, 4) is 0 Å². The Kier molecular flexibility index (Phi) is 8.88. The van der Waals surface area contributed by atoms with E-state index in [1.54, 1.807) is 0 Å². The van der Waals surface area contributed by atoms with Crippen LogP contribution in [0.15, 0.2) is 12.7 Å². The van der Waals surface area contributed by atoms with Crippen LogP contribution in [0.25, 0.3) is 0 Å². The first-order chi connectivity index (χ1) is 4.20. The fourth-order valence-electron chi connectivity index (χ4n) is 0.181. The van der Waals surface area contributed by atoms with Gasteiger partial charge in [0.15, 0.2) is 0 Å². The number of halogens is 1. The Labute approximate surface area is 82.5 Å². The van der Waals surface area contributed by atoms with E-state index < -0.39 is 11.9 Å². The quantitative estimate of drug-likeness (QED) is 0.199. The fraction of sp³-hybridized carbons (Fsp3) is 0.200. The number of hydrogen-bond donors (Lipinski definition) is 0. The van der Waals surface area contributed by atoms with Gasteiger partial charge in [0.25, 0.3) is 0 Å². The summed E-state index contributed by atoms with van der Waals surface area (Å²) in [6.45, 7) is 3.08. The molecule has 10 heavy (non-hydrogen) atoms. The Morgan fingerprint density at radius 1 is 1.70 bits per heavy atom. The minimum atomic E-state index is -0.777. The second kappa shape index (κ2) is 7.05. The van der Waals surface area contributed by atoms with E-state index >= 15 is 0 Å². The van der Waals surface area contributed by atoms with Crippen LogP contribution >= 0.6 is 11.6 Å². The Balaban J connectivity index is -0.000000107. The fourth-order valence-corrected chi connectivity index (χ4v) is 0.236. The average molecular weight is 175 g/mol. The van der Waals surface area contributed by atoms with Crippen molar-refractivity contribution in [2.24, 2.45) is 0 Å². The van der Waals surface area contributed by atoms with Gasteiger partial charge < -0.3 is 7.59 Å². The zero-order valence-electron chi connectivity index (χ0n) is 7.30. The number of ether oxygens (including phenoxy) is 1. The van der Waals surface area contributed by atoms with E-state index in [0.29, 0.717) is 0 Å². The van der Waals surface area contributed by atoms with Crippen LogP contribution in [0, 0.1) is 0 Å². The summed E-state index contributed by atoms with van der Waals surface area (Å²) in [5, 5.41) is 0. The molecule has 0 saturated carbocycles. The van der Waals surface area contributed by atoms with E-state index in [1.165, 1.54) is 0 Å². The van der Waals surface area contributed by atoms with Crippen LogP contribution in [0.2, 0.25) is 0 Å². The maximum absolute atomic E-state index is 10.2. The van der Waals surface area contributed by atoms with Crippen LogP contribution in [-0.4, -0.2) is 40.9 Å². The van der Waals surface area contributed by atoms with Crippen molar-refractivity contribution in [3.05, 3.63) is 12.7 Å². The van der Waals surface area contributed by atoms with E-state index in [4.69, 9.17) is 11.6 Å². The number of hydrogen-bond acceptors (Lipinski definition) is 3. The monoisotopic (exact) mass is 174 g/mol. The minimum Gasteiger partial charge on any atom is -1.00 e. The zero-order valence-corrected chi connectivity index (χ0v) is 7.47. The summed E-state index contributed by atoms with van der Waals surface area (Å²) in [6.07, 6.45) is 0.893. The van der Waals surface area contributed by atoms with Gasteiger partial charge in [0.2, 0.25) is 0 Å². The molecule has 0 fully saturated rings. The van der Waals surface area contributed by atoms with E-state index in [9.17, 15) is 9.59 Å². The number of carbonyl (C=O) groups excluding carboxylic acids is 2. The van der Waals surface area contributed by atoms with Crippen LogP contribution in [0.4, 0.5) is 0 Å². The van der Waals surface area contributed by atoms with Gasteiger partial charge in [-0.15, -0.1) is 11.6 Å². The van der Waals surface area contributed by atoms with Crippen LogP contribution in [0.5, 0.6) is 0 Å². The molecule has 54 valence electrons. The largest absolute Gasteiger partial charge is 2.00 e. The van der Waals surface area contributed by atoms with Crippen molar-refractivity contribution in [1.82, 2.24) is 0 Å². The molecule has 0 aliphatic rings. The van der Waals surface area contributed by atoms with Crippen LogP contribution < -0.4 is 0 Å². The third-order valence-electron chi connectivity index (χ3n) is 0.490. The second-order valence-corrected chi connectivity index (χ2v) is 1.40. The van der Waals surface area contributed by atoms with Gasteiger partial charge in [-0.1, -0.05) is 6.58 Å². The van der Waals surface area contributed by atoms with Crippen molar-refractivity contribution < 1.29 is 17.2 Å². The Hall–Kier alpha value is -0.0638. The standard InChI is InChI=1S/C5H5ClO3.Mg.2H/c1-2-4(7)9-5(8)3-6;;;/h2H,1,3H2;;;/q;+2;2*-1. The Bertz CT molecular complexity index is 154. The van der Waals surface area contributed by atoms with Gasteiger partial charge in [-0.25, -0.2) is 4.79 Å². The molecule has 0 heterocycles. The van der Waals surface area contributed by atoms with Crippen LogP contribution in [-0.2, 0) is 14.3 Å². The molecule has 0 rings (SSSR count). The SMILES string of the molecule is C=CC(=O)OC(=O)CCl.[H-].[H-].[Mg+2]. The maximum atomic E-state index is 10.2. The molecule has 0 bridgehead atoms. The minimum absolute atomic E-state index is 0. The molecule has 0 N–H and O–H groups in total. The molecule has 0 radical (unpaired) electrons. The third-order valence-corrected chi connectivity index (χ3v) is 0.708. The van der Waals surface area contributed by atoms with Crippen molar-refractivity contribution in [2.45, 2.75) is 0 Å². The molecule has 0 atom stereocenters. The molecule has 0 aromatic carbocycles. The first kappa shape index (κ1) is 12.6. The predicted molar refractivity (Wildman–Crippen MR) is 40.0 cm³/mol. The van der Waals surface area contributed by atoms with E-state index in [2.05, 4.69) is 11.3 Å². The molecular weight excluding hydrogens is 168 g/mol. The van der Waals surface area contributed by atoms with E-state index in [1.807, 2.05) is 0 Å². The summed E-state index contributed by atoms with van der Waals surface area (Å²) in [4.78, 5) is 20.3. The van der Waals surface area contributed by atoms with Crippen LogP contribution in [0.1, 0.15) is 2.85 Å².